The van der Waals surface area contributed by atoms with Gasteiger partial charge in [0, 0.05) is 18.9 Å². The largest absolute Gasteiger partial charge is 0.372 e. The predicted octanol–water partition coefficient (Wildman–Crippen LogP) is 3.78. The van der Waals surface area contributed by atoms with Crippen LogP contribution in [-0.2, 0) is 4.74 Å². The number of pyridine rings is 1. The lowest BCUT2D eigenvalue weighted by atomic mass is 10.0. The number of nitrogens with zero attached hydrogens (tertiary/aromatic N) is 1. The minimum Gasteiger partial charge on any atom is -0.372 e. The van der Waals surface area contributed by atoms with Crippen molar-refractivity contribution in [3.05, 3.63) is 64.4 Å². The van der Waals surface area contributed by atoms with E-state index in [9.17, 15) is 0 Å². The molecule has 0 aliphatic carbocycles. The predicted molar refractivity (Wildman–Crippen MR) is 69.3 cm³/mol. The summed E-state index contributed by atoms with van der Waals surface area (Å²) < 4.78 is 5.52. The zero-order valence-corrected chi connectivity index (χ0v) is 10.6. The Bertz CT molecular complexity index is 433. The molecule has 0 spiro atoms. The maximum Gasteiger partial charge on any atom is 0.129 e. The van der Waals surface area contributed by atoms with Gasteiger partial charge in [0.1, 0.15) is 11.3 Å². The average Bonchev–Trinajstić information content (AvgIpc) is 2.35. The van der Waals surface area contributed by atoms with Crippen LogP contribution in [-0.4, -0.2) is 12.1 Å². The highest BCUT2D eigenvalue weighted by Crippen LogP contribution is 2.25. The molecule has 0 radical (unpaired) electrons. The Morgan fingerprint density at radius 1 is 1.06 bits per heavy atom. The van der Waals surface area contributed by atoms with Gasteiger partial charge in [-0.25, -0.2) is 4.98 Å². The van der Waals surface area contributed by atoms with Gasteiger partial charge in [-0.1, -0.05) is 47.5 Å². The zero-order valence-electron chi connectivity index (χ0n) is 9.85. The highest BCUT2D eigenvalue weighted by molar-refractivity contribution is 6.29. The lowest BCUT2D eigenvalue weighted by molar-refractivity contribution is 0.136. The number of aryl methyl sites for hydroxylation is 1. The summed E-state index contributed by atoms with van der Waals surface area (Å²) in [5.41, 5.74) is 3.35. The first-order valence-corrected chi connectivity index (χ1v) is 5.79. The van der Waals surface area contributed by atoms with Crippen molar-refractivity contribution < 1.29 is 4.74 Å². The molecule has 1 atom stereocenters. The summed E-state index contributed by atoms with van der Waals surface area (Å²) in [6, 6.07) is 12.0. The number of rotatable bonds is 3. The maximum atomic E-state index is 5.77. The molecule has 0 saturated carbocycles. The highest BCUT2D eigenvalue weighted by Gasteiger charge is 2.13. The van der Waals surface area contributed by atoms with Gasteiger partial charge in [-0.15, -0.1) is 0 Å². The average molecular weight is 248 g/mol. The second kappa shape index (κ2) is 5.30. The molecule has 0 amide bonds. The molecule has 3 heteroatoms. The van der Waals surface area contributed by atoms with Crippen LogP contribution in [0, 0.1) is 6.92 Å². The van der Waals surface area contributed by atoms with Crippen molar-refractivity contribution in [2.24, 2.45) is 0 Å². The third-order valence-electron chi connectivity index (χ3n) is 2.67. The number of hydrogen-bond donors (Lipinski definition) is 0. The van der Waals surface area contributed by atoms with Gasteiger partial charge in [0.05, 0.1) is 0 Å². The topological polar surface area (TPSA) is 22.1 Å². The van der Waals surface area contributed by atoms with Crippen molar-refractivity contribution in [2.45, 2.75) is 13.0 Å². The fourth-order valence-corrected chi connectivity index (χ4v) is 1.86. The van der Waals surface area contributed by atoms with E-state index < -0.39 is 0 Å². The Labute approximate surface area is 106 Å². The molecule has 1 heterocycles. The summed E-state index contributed by atoms with van der Waals surface area (Å²) in [5, 5.41) is 0.493. The van der Waals surface area contributed by atoms with E-state index in [0.29, 0.717) is 5.15 Å². The van der Waals surface area contributed by atoms with Gasteiger partial charge >= 0.3 is 0 Å². The molecular formula is C14H14ClNO. The monoisotopic (exact) mass is 247 g/mol. The lowest BCUT2D eigenvalue weighted by Crippen LogP contribution is -2.03. The van der Waals surface area contributed by atoms with E-state index >= 15 is 0 Å². The standard InChI is InChI=1S/C14H14ClNO/c1-10-3-5-11(6-4-10)14(17-2)12-7-8-13(15)16-9-12/h3-9,14H,1-2H3. The summed E-state index contributed by atoms with van der Waals surface area (Å²) in [5.74, 6) is 0. The summed E-state index contributed by atoms with van der Waals surface area (Å²) >= 11 is 5.77. The van der Waals surface area contributed by atoms with Crippen LogP contribution in [0.25, 0.3) is 0 Å². The van der Waals surface area contributed by atoms with E-state index in [4.69, 9.17) is 16.3 Å². The Balaban J connectivity index is 2.33. The molecule has 0 N–H and O–H groups in total. The first-order valence-electron chi connectivity index (χ1n) is 5.41. The van der Waals surface area contributed by atoms with Crippen molar-refractivity contribution in [2.75, 3.05) is 7.11 Å². The smallest absolute Gasteiger partial charge is 0.129 e. The molecule has 0 bridgehead atoms. The van der Waals surface area contributed by atoms with E-state index in [1.165, 1.54) is 5.56 Å². The fraction of sp³-hybridized carbons (Fsp3) is 0.214. The molecule has 1 unspecified atom stereocenters. The molecule has 0 fully saturated rings. The molecule has 1 aromatic heterocycles. The van der Waals surface area contributed by atoms with Crippen molar-refractivity contribution >= 4 is 11.6 Å². The van der Waals surface area contributed by atoms with Gasteiger partial charge in [0.15, 0.2) is 0 Å². The van der Waals surface area contributed by atoms with E-state index in [-0.39, 0.29) is 6.10 Å². The zero-order chi connectivity index (χ0) is 12.3. The molecule has 2 rings (SSSR count). The third kappa shape index (κ3) is 2.84. The van der Waals surface area contributed by atoms with Crippen LogP contribution in [0.5, 0.6) is 0 Å². The van der Waals surface area contributed by atoms with Crippen LogP contribution in [0.3, 0.4) is 0 Å². The van der Waals surface area contributed by atoms with Gasteiger partial charge in [-0.05, 0) is 18.6 Å². The fourth-order valence-electron chi connectivity index (χ4n) is 1.75. The van der Waals surface area contributed by atoms with Crippen molar-refractivity contribution in [1.29, 1.82) is 0 Å². The number of benzene rings is 1. The second-order valence-corrected chi connectivity index (χ2v) is 4.33. The van der Waals surface area contributed by atoms with Gasteiger partial charge < -0.3 is 4.74 Å². The molecule has 0 aliphatic heterocycles. The minimum atomic E-state index is -0.0969. The van der Waals surface area contributed by atoms with E-state index in [1.54, 1.807) is 19.4 Å². The van der Waals surface area contributed by atoms with Crippen LogP contribution in [0.15, 0.2) is 42.6 Å². The summed E-state index contributed by atoms with van der Waals surface area (Å²) in [7, 11) is 1.69. The SMILES string of the molecule is COC(c1ccc(C)cc1)c1ccc(Cl)nc1. The Hall–Kier alpha value is -1.38. The summed E-state index contributed by atoms with van der Waals surface area (Å²) in [6.45, 7) is 2.06. The first kappa shape index (κ1) is 12.1. The van der Waals surface area contributed by atoms with Gasteiger partial charge in [0.2, 0.25) is 0 Å². The Morgan fingerprint density at radius 2 is 1.71 bits per heavy atom. The molecule has 88 valence electrons. The second-order valence-electron chi connectivity index (χ2n) is 3.94. The molecule has 17 heavy (non-hydrogen) atoms. The van der Waals surface area contributed by atoms with E-state index in [0.717, 1.165) is 11.1 Å². The molecule has 2 aromatic rings. The van der Waals surface area contributed by atoms with Crippen molar-refractivity contribution in [1.82, 2.24) is 4.98 Å². The number of ether oxygens (including phenoxy) is 1. The van der Waals surface area contributed by atoms with Crippen molar-refractivity contribution in [3.8, 4) is 0 Å². The minimum absolute atomic E-state index is 0.0969. The molecule has 0 saturated heterocycles. The maximum absolute atomic E-state index is 5.77. The van der Waals surface area contributed by atoms with Crippen LogP contribution in [0.2, 0.25) is 5.15 Å². The number of halogens is 1. The van der Waals surface area contributed by atoms with Gasteiger partial charge in [0.25, 0.3) is 0 Å². The van der Waals surface area contributed by atoms with Gasteiger partial charge in [-0.3, -0.25) is 0 Å². The van der Waals surface area contributed by atoms with Crippen LogP contribution in [0.4, 0.5) is 0 Å². The summed E-state index contributed by atoms with van der Waals surface area (Å²) in [6.07, 6.45) is 1.65. The quantitative estimate of drug-likeness (QED) is 0.770. The van der Waals surface area contributed by atoms with Crippen LogP contribution in [0.1, 0.15) is 22.8 Å². The first-order chi connectivity index (χ1) is 8.20. The third-order valence-corrected chi connectivity index (χ3v) is 2.89. The molecule has 1 aromatic carbocycles. The van der Waals surface area contributed by atoms with Crippen LogP contribution < -0.4 is 0 Å². The molecular weight excluding hydrogens is 234 g/mol. The number of methoxy groups -OCH3 is 1. The number of hydrogen-bond acceptors (Lipinski definition) is 2. The Kier molecular flexibility index (Phi) is 3.77. The van der Waals surface area contributed by atoms with E-state index in [2.05, 4.69) is 36.2 Å². The highest BCUT2D eigenvalue weighted by atomic mass is 35.5. The lowest BCUT2D eigenvalue weighted by Gasteiger charge is -2.16. The molecule has 0 aliphatic rings. The summed E-state index contributed by atoms with van der Waals surface area (Å²) in [4.78, 5) is 4.08. The number of aromatic nitrogens is 1. The van der Waals surface area contributed by atoms with Crippen molar-refractivity contribution in [3.63, 3.8) is 0 Å². The normalized spacial score (nSPS) is 12.4. The van der Waals surface area contributed by atoms with E-state index in [1.807, 2.05) is 6.07 Å². The molecule has 2 nitrogen and oxygen atoms in total. The van der Waals surface area contributed by atoms with Crippen LogP contribution >= 0.6 is 11.6 Å². The Morgan fingerprint density at radius 3 is 2.24 bits per heavy atom. The van der Waals surface area contributed by atoms with Gasteiger partial charge in [-0.2, -0.15) is 0 Å².